The molecule has 0 aromatic carbocycles. The van der Waals surface area contributed by atoms with E-state index in [1.165, 1.54) is 0 Å². The molecule has 0 amide bonds. The molecular weight excluding hydrogens is 244 g/mol. The number of carbonyl (C=O) groups excluding carboxylic acids is 1. The predicted octanol–water partition coefficient (Wildman–Crippen LogP) is 2.18. The van der Waals surface area contributed by atoms with Crippen molar-refractivity contribution < 1.29 is 19.4 Å². The molecule has 0 aromatic heterocycles. The molecule has 1 aliphatic carbocycles. The number of rotatable bonds is 2. The Labute approximate surface area is 112 Å². The van der Waals surface area contributed by atoms with Crippen molar-refractivity contribution in [1.82, 2.24) is 0 Å². The number of aliphatic carboxylic acids is 1. The van der Waals surface area contributed by atoms with Crippen LogP contribution < -0.4 is 0 Å². The Morgan fingerprint density at radius 3 is 2.84 bits per heavy atom. The van der Waals surface area contributed by atoms with Crippen LogP contribution in [-0.4, -0.2) is 28.6 Å². The normalized spacial score (nSPS) is 48.1. The van der Waals surface area contributed by atoms with Gasteiger partial charge in [0.05, 0.1) is 17.1 Å². The van der Waals surface area contributed by atoms with E-state index in [4.69, 9.17) is 4.74 Å². The van der Waals surface area contributed by atoms with Gasteiger partial charge in [0.1, 0.15) is 5.78 Å². The largest absolute Gasteiger partial charge is 0.478 e. The summed E-state index contributed by atoms with van der Waals surface area (Å²) in [7, 11) is 0. The van der Waals surface area contributed by atoms with Gasteiger partial charge in [-0.05, 0) is 32.1 Å². The molecule has 0 radical (unpaired) electrons. The van der Waals surface area contributed by atoms with Gasteiger partial charge in [-0.25, -0.2) is 4.79 Å². The maximum Gasteiger partial charge on any atom is 0.331 e. The zero-order valence-electron chi connectivity index (χ0n) is 11.4. The summed E-state index contributed by atoms with van der Waals surface area (Å²) in [5.41, 5.74) is -0.708. The lowest BCUT2D eigenvalue weighted by molar-refractivity contribution is -0.179. The van der Waals surface area contributed by atoms with Crippen LogP contribution in [0.25, 0.3) is 0 Å². The van der Waals surface area contributed by atoms with Crippen molar-refractivity contribution in [3.63, 3.8) is 0 Å². The molecule has 5 atom stereocenters. The number of carboxylic acid groups (broad SMARTS) is 1. The fourth-order valence-electron chi connectivity index (χ4n) is 4.65. The van der Waals surface area contributed by atoms with Crippen molar-refractivity contribution in [3.05, 3.63) is 12.2 Å². The van der Waals surface area contributed by atoms with Gasteiger partial charge in [-0.1, -0.05) is 13.5 Å². The fraction of sp³-hybridized carbons (Fsp3) is 0.733. The van der Waals surface area contributed by atoms with E-state index in [0.29, 0.717) is 18.8 Å². The maximum absolute atomic E-state index is 12.3. The molecule has 2 aliphatic heterocycles. The van der Waals surface area contributed by atoms with Gasteiger partial charge in [0.25, 0.3) is 0 Å². The molecule has 2 heterocycles. The molecule has 19 heavy (non-hydrogen) atoms. The summed E-state index contributed by atoms with van der Waals surface area (Å²) in [6, 6.07) is 0. The van der Waals surface area contributed by atoms with Gasteiger partial charge in [-0.3, -0.25) is 4.79 Å². The van der Waals surface area contributed by atoms with Crippen molar-refractivity contribution in [3.8, 4) is 0 Å². The van der Waals surface area contributed by atoms with Crippen molar-refractivity contribution in [1.29, 1.82) is 0 Å². The first kappa shape index (κ1) is 12.9. The van der Waals surface area contributed by atoms with E-state index in [1.807, 2.05) is 6.92 Å². The lowest BCUT2D eigenvalue weighted by atomic mass is 9.65. The van der Waals surface area contributed by atoms with E-state index >= 15 is 0 Å². The first-order valence-electron chi connectivity index (χ1n) is 6.95. The third-order valence-corrected chi connectivity index (χ3v) is 5.82. The molecule has 2 saturated heterocycles. The summed E-state index contributed by atoms with van der Waals surface area (Å²) in [5.74, 6) is -0.680. The quantitative estimate of drug-likeness (QED) is 0.776. The molecule has 2 bridgehead atoms. The van der Waals surface area contributed by atoms with Crippen molar-refractivity contribution in [2.45, 2.75) is 51.2 Å². The Morgan fingerprint density at radius 2 is 2.21 bits per heavy atom. The number of carboxylic acids is 1. The molecule has 1 spiro atoms. The van der Waals surface area contributed by atoms with Gasteiger partial charge < -0.3 is 9.84 Å². The van der Waals surface area contributed by atoms with Crippen LogP contribution in [0.5, 0.6) is 0 Å². The van der Waals surface area contributed by atoms with Crippen molar-refractivity contribution in [2.24, 2.45) is 17.3 Å². The highest BCUT2D eigenvalue weighted by molar-refractivity contribution is 5.90. The highest BCUT2D eigenvalue weighted by Crippen LogP contribution is 2.63. The van der Waals surface area contributed by atoms with Crippen LogP contribution in [-0.2, 0) is 14.3 Å². The standard InChI is InChI=1S/C15H20O4/c1-8-6-11-10(9(2)13(17)18)7-14(3)12(16)4-5-15(8,14)19-11/h8,10-11H,2,4-7H2,1,3H3,(H,17,18)/t8-,10+,11-,14+,15+/m0/s1. The number of carbonyl (C=O) groups is 2. The van der Waals surface area contributed by atoms with Gasteiger partial charge in [-0.2, -0.15) is 0 Å². The second kappa shape index (κ2) is 3.69. The Morgan fingerprint density at radius 1 is 1.53 bits per heavy atom. The topological polar surface area (TPSA) is 63.6 Å². The summed E-state index contributed by atoms with van der Waals surface area (Å²) < 4.78 is 6.23. The average Bonchev–Trinajstić information content (AvgIpc) is 2.79. The molecule has 3 aliphatic rings. The van der Waals surface area contributed by atoms with Crippen LogP contribution in [0.4, 0.5) is 0 Å². The Bertz CT molecular complexity index is 483. The second-order valence-corrected chi connectivity index (χ2v) is 6.58. The molecule has 4 nitrogen and oxygen atoms in total. The minimum atomic E-state index is -0.977. The minimum absolute atomic E-state index is 0.0856. The van der Waals surface area contributed by atoms with E-state index in [2.05, 4.69) is 13.5 Å². The van der Waals surface area contributed by atoms with Crippen molar-refractivity contribution >= 4 is 11.8 Å². The molecule has 104 valence electrons. The average molecular weight is 264 g/mol. The number of ketones is 1. The summed E-state index contributed by atoms with van der Waals surface area (Å²) in [5, 5.41) is 9.18. The Kier molecular flexibility index (Phi) is 2.50. The third kappa shape index (κ3) is 1.38. The fourth-order valence-corrected chi connectivity index (χ4v) is 4.65. The SMILES string of the molecule is C=C(C(=O)O)[C@H]1C[C@]2(C)C(=O)CC[C@]23O[C@H]1C[C@@H]3C. The highest BCUT2D eigenvalue weighted by atomic mass is 16.5. The van der Waals surface area contributed by atoms with E-state index in [1.54, 1.807) is 0 Å². The van der Waals surface area contributed by atoms with Gasteiger partial charge in [0, 0.05) is 17.9 Å². The van der Waals surface area contributed by atoms with E-state index in [-0.39, 0.29) is 29.0 Å². The Hall–Kier alpha value is -1.16. The second-order valence-electron chi connectivity index (χ2n) is 6.58. The third-order valence-electron chi connectivity index (χ3n) is 5.82. The van der Waals surface area contributed by atoms with Crippen LogP contribution in [0.1, 0.15) is 39.5 Å². The number of fused-ring (bicyclic) bond motifs is 1. The Balaban J connectivity index is 2.03. The first-order chi connectivity index (χ1) is 8.82. The molecule has 4 heteroatoms. The number of hydrogen-bond donors (Lipinski definition) is 1. The van der Waals surface area contributed by atoms with Crippen LogP contribution in [0.3, 0.4) is 0 Å². The molecule has 0 unspecified atom stereocenters. The van der Waals surface area contributed by atoms with Gasteiger partial charge in [-0.15, -0.1) is 0 Å². The van der Waals surface area contributed by atoms with Crippen molar-refractivity contribution in [2.75, 3.05) is 0 Å². The lowest BCUT2D eigenvalue weighted by Crippen LogP contribution is -2.54. The zero-order chi connectivity index (χ0) is 14.0. The summed E-state index contributed by atoms with van der Waals surface area (Å²) >= 11 is 0. The smallest absolute Gasteiger partial charge is 0.331 e. The number of ether oxygens (including phenoxy) is 1. The molecule has 1 saturated carbocycles. The number of Topliss-reactive ketones (excluding diaryl/α,β-unsaturated/α-hetero) is 1. The molecular formula is C15H20O4. The zero-order valence-corrected chi connectivity index (χ0v) is 11.4. The monoisotopic (exact) mass is 264 g/mol. The summed E-state index contributed by atoms with van der Waals surface area (Å²) in [4.78, 5) is 23.5. The van der Waals surface area contributed by atoms with E-state index in [0.717, 1.165) is 12.8 Å². The molecule has 1 N–H and O–H groups in total. The van der Waals surface area contributed by atoms with Crippen LogP contribution in [0, 0.1) is 17.3 Å². The van der Waals surface area contributed by atoms with Gasteiger partial charge >= 0.3 is 5.97 Å². The van der Waals surface area contributed by atoms with Gasteiger partial charge in [0.15, 0.2) is 0 Å². The van der Waals surface area contributed by atoms with Crippen LogP contribution >= 0.6 is 0 Å². The maximum atomic E-state index is 12.3. The van der Waals surface area contributed by atoms with Crippen LogP contribution in [0.15, 0.2) is 12.2 Å². The minimum Gasteiger partial charge on any atom is -0.478 e. The summed E-state index contributed by atoms with van der Waals surface area (Å²) in [6.07, 6.45) is 2.66. The lowest BCUT2D eigenvalue weighted by Gasteiger charge is -2.48. The highest BCUT2D eigenvalue weighted by Gasteiger charge is 2.68. The molecule has 3 fully saturated rings. The van der Waals surface area contributed by atoms with Crippen LogP contribution in [0.2, 0.25) is 0 Å². The predicted molar refractivity (Wildman–Crippen MR) is 68.6 cm³/mol. The molecule has 3 rings (SSSR count). The van der Waals surface area contributed by atoms with E-state index in [9.17, 15) is 14.7 Å². The number of hydrogen-bond acceptors (Lipinski definition) is 3. The summed E-state index contributed by atoms with van der Waals surface area (Å²) in [6.45, 7) is 7.79. The first-order valence-corrected chi connectivity index (χ1v) is 6.95. The van der Waals surface area contributed by atoms with E-state index < -0.39 is 11.4 Å². The van der Waals surface area contributed by atoms with Gasteiger partial charge in [0.2, 0.25) is 0 Å². The molecule has 0 aromatic rings.